The van der Waals surface area contributed by atoms with Gasteiger partial charge in [0.25, 0.3) is 0 Å². The zero-order valence-corrected chi connectivity index (χ0v) is 9.55. The summed E-state index contributed by atoms with van der Waals surface area (Å²) in [5.41, 5.74) is 0. The Balaban J connectivity index is 3.93. The van der Waals surface area contributed by atoms with Crippen LogP contribution in [0.1, 0.15) is 13.8 Å². The number of aliphatic hydroxyl groups excluding tert-OH is 2. The number of carbonyl (C=O) groups is 2. The van der Waals surface area contributed by atoms with Gasteiger partial charge in [-0.2, -0.15) is 10.0 Å². The van der Waals surface area contributed by atoms with E-state index in [0.717, 1.165) is 0 Å². The summed E-state index contributed by atoms with van der Waals surface area (Å²) in [5, 5.41) is 17.4. The number of hydrogen-bond acceptors (Lipinski definition) is 6. The zero-order chi connectivity index (χ0) is 11.3. The fourth-order valence-electron chi connectivity index (χ4n) is 0.404. The molecule has 0 amide bonds. The Hall–Kier alpha value is -0.318. The first-order valence-electron chi connectivity index (χ1n) is 3.75. The molecule has 0 aliphatic carbocycles. The summed E-state index contributed by atoms with van der Waals surface area (Å²) in [4.78, 5) is 21.5. The minimum absolute atomic E-state index is 0.963. The Morgan fingerprint density at radius 2 is 1.43 bits per heavy atom. The van der Waals surface area contributed by atoms with Crippen LogP contribution in [-0.4, -0.2) is 48.3 Å². The number of halogens is 1. The first kappa shape index (κ1) is 13.7. The highest BCUT2D eigenvalue weighted by Crippen LogP contribution is 2.00. The van der Waals surface area contributed by atoms with Gasteiger partial charge >= 0.3 is 25.8 Å². The molecule has 0 saturated carbocycles. The van der Waals surface area contributed by atoms with Gasteiger partial charge in [-0.1, -0.05) is 0 Å². The standard InChI is InChI=1S/2C3H6O3.Al.ClH/c2*1-2(4)3(5)6;;/h2*2,4H,1H3,(H,5,6);;1H/q;;+3;/p-3. The van der Waals surface area contributed by atoms with Crippen LogP contribution in [-0.2, 0) is 17.2 Å². The van der Waals surface area contributed by atoms with E-state index in [4.69, 9.17) is 20.3 Å². The fraction of sp³-hybridized carbons (Fsp3) is 0.667. The Labute approximate surface area is 89.6 Å². The number of aliphatic hydroxyl groups is 2. The molecule has 0 rings (SSSR count). The van der Waals surface area contributed by atoms with Crippen molar-refractivity contribution in [2.24, 2.45) is 0 Å². The van der Waals surface area contributed by atoms with Gasteiger partial charge in [-0.3, -0.25) is 9.59 Å². The van der Waals surface area contributed by atoms with E-state index < -0.39 is 38.0 Å². The van der Waals surface area contributed by atoms with Gasteiger partial charge in [0.05, 0.1) is 0 Å². The lowest BCUT2D eigenvalue weighted by Gasteiger charge is -2.11. The molecular weight excluding hydrogens is 230 g/mol. The molecule has 0 aliphatic heterocycles. The first-order chi connectivity index (χ1) is 6.34. The largest absolute Gasteiger partial charge is 1.00 e. The van der Waals surface area contributed by atoms with Crippen LogP contribution in [0.2, 0.25) is 0 Å². The van der Waals surface area contributed by atoms with Crippen molar-refractivity contribution >= 4 is 35.9 Å². The van der Waals surface area contributed by atoms with Crippen LogP contribution in [0.25, 0.3) is 0 Å². The van der Waals surface area contributed by atoms with Gasteiger partial charge in [0.1, 0.15) is 12.2 Å². The highest BCUT2D eigenvalue weighted by atomic mass is 35.6. The topological polar surface area (TPSA) is 93.1 Å². The van der Waals surface area contributed by atoms with Gasteiger partial charge < -0.3 is 17.8 Å². The Morgan fingerprint density at radius 1 is 1.14 bits per heavy atom. The second-order valence-corrected chi connectivity index (χ2v) is 4.59. The van der Waals surface area contributed by atoms with Gasteiger partial charge in [-0.15, -0.1) is 0 Å². The van der Waals surface area contributed by atoms with E-state index in [9.17, 15) is 9.59 Å². The lowest BCUT2D eigenvalue weighted by atomic mass is 10.4. The van der Waals surface area contributed by atoms with Crippen LogP contribution in [0, 0.1) is 0 Å². The molecule has 0 heterocycles. The third-order valence-corrected chi connectivity index (χ3v) is 2.47. The number of rotatable bonds is 4. The van der Waals surface area contributed by atoms with Gasteiger partial charge in [0, 0.05) is 0 Å². The average molecular weight is 241 g/mol. The highest BCUT2D eigenvalue weighted by molar-refractivity contribution is 7.00. The summed E-state index contributed by atoms with van der Waals surface area (Å²) in [6.45, 7) is 2.38. The molecular formula is C6H10AlClO6. The molecule has 2 atom stereocenters. The van der Waals surface area contributed by atoms with Gasteiger partial charge in [-0.25, -0.2) is 0 Å². The van der Waals surface area contributed by atoms with Crippen LogP contribution in [0.15, 0.2) is 0 Å². The minimum Gasteiger partial charge on any atom is -0.571 e. The summed E-state index contributed by atoms with van der Waals surface area (Å²) >= 11 is -2.98. The van der Waals surface area contributed by atoms with Crippen molar-refractivity contribution in [2.45, 2.75) is 26.1 Å². The SMILES string of the molecule is CC(O)C(=O)[O][Al]([Cl])[O]C(=O)C(C)O. The van der Waals surface area contributed by atoms with Crippen molar-refractivity contribution in [1.82, 2.24) is 0 Å². The van der Waals surface area contributed by atoms with Crippen molar-refractivity contribution < 1.29 is 27.4 Å². The quantitative estimate of drug-likeness (QED) is 0.616. The second-order valence-electron chi connectivity index (χ2n) is 2.50. The molecule has 0 aliphatic rings. The minimum atomic E-state index is -2.98. The van der Waals surface area contributed by atoms with Crippen LogP contribution in [0.5, 0.6) is 0 Å². The van der Waals surface area contributed by atoms with Crippen molar-refractivity contribution in [3.63, 3.8) is 0 Å². The lowest BCUT2D eigenvalue weighted by Crippen LogP contribution is -2.32. The normalized spacial score (nSPS) is 14.1. The average Bonchev–Trinajstić information content (AvgIpc) is 2.03. The molecule has 0 saturated heterocycles. The van der Waals surface area contributed by atoms with E-state index in [1.54, 1.807) is 0 Å². The van der Waals surface area contributed by atoms with Crippen LogP contribution >= 0.6 is 10.0 Å². The molecule has 0 radical (unpaired) electrons. The monoisotopic (exact) mass is 240 g/mol. The Kier molecular flexibility index (Phi) is 6.08. The summed E-state index contributed by atoms with van der Waals surface area (Å²) in [7, 11) is 5.39. The maximum atomic E-state index is 10.7. The summed E-state index contributed by atoms with van der Waals surface area (Å²) in [6.07, 6.45) is -2.65. The molecule has 14 heavy (non-hydrogen) atoms. The molecule has 6 nitrogen and oxygen atoms in total. The highest BCUT2D eigenvalue weighted by Gasteiger charge is 2.37. The van der Waals surface area contributed by atoms with Gasteiger partial charge in [-0.05, 0) is 13.8 Å². The molecule has 0 fully saturated rings. The first-order valence-corrected chi connectivity index (χ1v) is 6.44. The third-order valence-electron chi connectivity index (χ3n) is 1.10. The van der Waals surface area contributed by atoms with Gasteiger partial charge in [0.15, 0.2) is 0 Å². The molecule has 0 bridgehead atoms. The van der Waals surface area contributed by atoms with Crippen molar-refractivity contribution in [3.05, 3.63) is 0 Å². The molecule has 0 spiro atoms. The van der Waals surface area contributed by atoms with Crippen molar-refractivity contribution in [2.75, 3.05) is 0 Å². The summed E-state index contributed by atoms with van der Waals surface area (Å²) in [5.74, 6) is -1.93. The van der Waals surface area contributed by atoms with E-state index in [1.807, 2.05) is 0 Å². The van der Waals surface area contributed by atoms with Crippen molar-refractivity contribution in [1.29, 1.82) is 0 Å². The second kappa shape index (κ2) is 6.22. The predicted molar refractivity (Wildman–Crippen MR) is 47.2 cm³/mol. The van der Waals surface area contributed by atoms with E-state index in [-0.39, 0.29) is 0 Å². The molecule has 0 aromatic heterocycles. The summed E-state index contributed by atoms with van der Waals surface area (Å²) in [6, 6.07) is 0. The van der Waals surface area contributed by atoms with E-state index in [2.05, 4.69) is 7.58 Å². The molecule has 2 unspecified atom stereocenters. The molecule has 8 heteroatoms. The zero-order valence-electron chi connectivity index (χ0n) is 7.64. The van der Waals surface area contributed by atoms with Gasteiger partial charge in [0.2, 0.25) is 0 Å². The van der Waals surface area contributed by atoms with E-state index in [1.165, 1.54) is 13.8 Å². The van der Waals surface area contributed by atoms with Crippen LogP contribution in [0.4, 0.5) is 0 Å². The molecule has 0 aromatic rings. The smallest absolute Gasteiger partial charge is 0.571 e. The predicted octanol–water partition coefficient (Wildman–Crippen LogP) is -0.942. The Morgan fingerprint density at radius 3 is 1.64 bits per heavy atom. The molecule has 2 N–H and O–H groups in total. The molecule has 80 valence electrons. The van der Waals surface area contributed by atoms with E-state index >= 15 is 0 Å². The van der Waals surface area contributed by atoms with E-state index in [0.29, 0.717) is 0 Å². The Bertz CT molecular complexity index is 196. The lowest BCUT2D eigenvalue weighted by molar-refractivity contribution is -0.148. The number of carbonyl (C=O) groups excluding carboxylic acids is 2. The van der Waals surface area contributed by atoms with Crippen LogP contribution < -0.4 is 0 Å². The number of hydrogen-bond donors (Lipinski definition) is 2. The summed E-state index contributed by atoms with van der Waals surface area (Å²) < 4.78 is 8.79. The maximum Gasteiger partial charge on any atom is 1.00 e. The maximum absolute atomic E-state index is 10.7. The third kappa shape index (κ3) is 5.42. The fourth-order valence-corrected chi connectivity index (χ4v) is 1.74. The molecule has 0 aromatic carbocycles. The van der Waals surface area contributed by atoms with Crippen molar-refractivity contribution in [3.8, 4) is 0 Å². The van der Waals surface area contributed by atoms with Crippen LogP contribution in [0.3, 0.4) is 0 Å².